The van der Waals surface area contributed by atoms with Crippen molar-refractivity contribution in [3.8, 4) is 0 Å². The second kappa shape index (κ2) is 3.59. The molecule has 0 bridgehead atoms. The van der Waals surface area contributed by atoms with Crippen LogP contribution in [0.15, 0.2) is 42.8 Å². The van der Waals surface area contributed by atoms with Gasteiger partial charge in [-0.05, 0) is 24.3 Å². The summed E-state index contributed by atoms with van der Waals surface area (Å²) in [6.45, 7) is 3.38. The summed E-state index contributed by atoms with van der Waals surface area (Å²) in [5, 5.41) is 2.86. The van der Waals surface area contributed by atoms with Crippen molar-refractivity contribution in [2.75, 3.05) is 5.32 Å². The highest BCUT2D eigenvalue weighted by Gasteiger charge is 1.88. The summed E-state index contributed by atoms with van der Waals surface area (Å²) in [7, 11) is 0. The van der Waals surface area contributed by atoms with E-state index in [9.17, 15) is 4.39 Å². The molecule has 0 aromatic heterocycles. The minimum atomic E-state index is -0.238. The SMILES string of the molecule is C=C=CNc1ccc(F)cc1. The van der Waals surface area contributed by atoms with Crippen LogP contribution in [0.2, 0.25) is 0 Å². The largest absolute Gasteiger partial charge is 0.355 e. The van der Waals surface area contributed by atoms with E-state index >= 15 is 0 Å². The molecule has 0 aliphatic carbocycles. The van der Waals surface area contributed by atoms with E-state index in [4.69, 9.17) is 0 Å². The number of anilines is 1. The molecule has 0 spiro atoms. The van der Waals surface area contributed by atoms with E-state index in [0.717, 1.165) is 5.69 Å². The third-order valence-corrected chi connectivity index (χ3v) is 1.19. The molecule has 2 heteroatoms. The molecule has 1 aromatic carbocycles. The van der Waals surface area contributed by atoms with Crippen LogP contribution < -0.4 is 5.32 Å². The first kappa shape index (κ1) is 7.58. The third kappa shape index (κ3) is 2.28. The van der Waals surface area contributed by atoms with Crippen molar-refractivity contribution in [1.82, 2.24) is 0 Å². The average molecular weight is 149 g/mol. The Balaban J connectivity index is 2.73. The van der Waals surface area contributed by atoms with Gasteiger partial charge in [0.1, 0.15) is 5.82 Å². The number of rotatable bonds is 2. The summed E-state index contributed by atoms with van der Waals surface area (Å²) in [6, 6.07) is 6.06. The number of hydrogen-bond donors (Lipinski definition) is 1. The zero-order valence-electron chi connectivity index (χ0n) is 5.97. The average Bonchev–Trinajstić information content (AvgIpc) is 2.04. The summed E-state index contributed by atoms with van der Waals surface area (Å²) in [5.41, 5.74) is 3.37. The molecule has 11 heavy (non-hydrogen) atoms. The molecule has 0 aliphatic heterocycles. The first-order valence-corrected chi connectivity index (χ1v) is 3.19. The molecule has 1 N–H and O–H groups in total. The van der Waals surface area contributed by atoms with Crippen LogP contribution in [-0.4, -0.2) is 0 Å². The van der Waals surface area contributed by atoms with Crippen LogP contribution in [0.4, 0.5) is 10.1 Å². The van der Waals surface area contributed by atoms with Gasteiger partial charge in [0.15, 0.2) is 0 Å². The van der Waals surface area contributed by atoms with Crippen molar-refractivity contribution in [3.05, 3.63) is 48.6 Å². The van der Waals surface area contributed by atoms with Crippen LogP contribution in [0.1, 0.15) is 0 Å². The minimum Gasteiger partial charge on any atom is -0.355 e. The minimum absolute atomic E-state index is 0.238. The van der Waals surface area contributed by atoms with Crippen LogP contribution in [0.3, 0.4) is 0 Å². The van der Waals surface area contributed by atoms with Crippen LogP contribution in [0.5, 0.6) is 0 Å². The molecule has 0 saturated heterocycles. The predicted molar refractivity (Wildman–Crippen MR) is 43.7 cm³/mol. The van der Waals surface area contributed by atoms with Crippen LogP contribution >= 0.6 is 0 Å². The van der Waals surface area contributed by atoms with Gasteiger partial charge in [0, 0.05) is 11.9 Å². The van der Waals surface area contributed by atoms with Gasteiger partial charge in [-0.15, -0.1) is 5.73 Å². The summed E-state index contributed by atoms with van der Waals surface area (Å²) in [4.78, 5) is 0. The van der Waals surface area contributed by atoms with E-state index < -0.39 is 0 Å². The zero-order chi connectivity index (χ0) is 8.10. The molecule has 0 amide bonds. The highest BCUT2D eigenvalue weighted by molar-refractivity contribution is 5.44. The highest BCUT2D eigenvalue weighted by atomic mass is 19.1. The number of halogens is 1. The van der Waals surface area contributed by atoms with Crippen molar-refractivity contribution < 1.29 is 4.39 Å². The van der Waals surface area contributed by atoms with Gasteiger partial charge >= 0.3 is 0 Å². The van der Waals surface area contributed by atoms with Gasteiger partial charge in [-0.25, -0.2) is 4.39 Å². The van der Waals surface area contributed by atoms with E-state index in [1.54, 1.807) is 18.3 Å². The Morgan fingerprint density at radius 3 is 2.55 bits per heavy atom. The Morgan fingerprint density at radius 2 is 2.00 bits per heavy atom. The Kier molecular flexibility index (Phi) is 2.47. The lowest BCUT2D eigenvalue weighted by molar-refractivity contribution is 0.628. The Morgan fingerprint density at radius 1 is 1.36 bits per heavy atom. The molecular weight excluding hydrogens is 141 g/mol. The molecule has 1 rings (SSSR count). The van der Waals surface area contributed by atoms with Crippen molar-refractivity contribution in [3.63, 3.8) is 0 Å². The monoisotopic (exact) mass is 149 g/mol. The van der Waals surface area contributed by atoms with Gasteiger partial charge in [0.05, 0.1) is 0 Å². The van der Waals surface area contributed by atoms with Crippen LogP contribution in [0, 0.1) is 5.82 Å². The molecule has 0 unspecified atom stereocenters. The second-order valence-electron chi connectivity index (χ2n) is 2.00. The molecule has 0 heterocycles. The van der Waals surface area contributed by atoms with Gasteiger partial charge in [-0.3, -0.25) is 0 Å². The number of benzene rings is 1. The molecule has 0 radical (unpaired) electrons. The number of hydrogen-bond acceptors (Lipinski definition) is 1. The first-order chi connectivity index (χ1) is 5.33. The topological polar surface area (TPSA) is 12.0 Å². The number of nitrogens with one attached hydrogen (secondary N) is 1. The van der Waals surface area contributed by atoms with E-state index in [0.29, 0.717) is 0 Å². The zero-order valence-corrected chi connectivity index (χ0v) is 5.97. The van der Waals surface area contributed by atoms with Crippen molar-refractivity contribution in [2.45, 2.75) is 0 Å². The van der Waals surface area contributed by atoms with E-state index in [-0.39, 0.29) is 5.82 Å². The molecular formula is C9H8FN. The Hall–Kier alpha value is -1.53. The summed E-state index contributed by atoms with van der Waals surface area (Å²) >= 11 is 0. The normalized spacial score (nSPS) is 8.45. The maximum absolute atomic E-state index is 12.3. The lowest BCUT2D eigenvalue weighted by atomic mass is 10.3. The lowest BCUT2D eigenvalue weighted by Gasteiger charge is -1.96. The predicted octanol–water partition coefficient (Wildman–Crippen LogP) is 2.54. The van der Waals surface area contributed by atoms with E-state index in [1.165, 1.54) is 12.1 Å². The molecule has 0 aliphatic rings. The summed E-state index contributed by atoms with van der Waals surface area (Å²) in [5.74, 6) is -0.238. The first-order valence-electron chi connectivity index (χ1n) is 3.19. The smallest absolute Gasteiger partial charge is 0.123 e. The fraction of sp³-hybridized carbons (Fsp3) is 0. The molecule has 0 atom stereocenters. The quantitative estimate of drug-likeness (QED) is 0.637. The molecule has 0 saturated carbocycles. The molecule has 1 nitrogen and oxygen atoms in total. The Labute approximate surface area is 64.9 Å². The lowest BCUT2D eigenvalue weighted by Crippen LogP contribution is -1.85. The van der Waals surface area contributed by atoms with E-state index in [1.807, 2.05) is 0 Å². The van der Waals surface area contributed by atoms with Crippen LogP contribution in [-0.2, 0) is 0 Å². The molecule has 0 fully saturated rings. The standard InChI is InChI=1S/C9H8FN/c1-2-7-11-9-5-3-8(10)4-6-9/h3-7,11H,1H2. The Bertz CT molecular complexity index is 270. The third-order valence-electron chi connectivity index (χ3n) is 1.19. The van der Waals surface area contributed by atoms with Gasteiger partial charge in [0.2, 0.25) is 0 Å². The van der Waals surface area contributed by atoms with Crippen molar-refractivity contribution in [1.29, 1.82) is 0 Å². The van der Waals surface area contributed by atoms with Gasteiger partial charge < -0.3 is 5.32 Å². The highest BCUT2D eigenvalue weighted by Crippen LogP contribution is 2.07. The van der Waals surface area contributed by atoms with Crippen molar-refractivity contribution in [2.24, 2.45) is 0 Å². The van der Waals surface area contributed by atoms with E-state index in [2.05, 4.69) is 17.6 Å². The van der Waals surface area contributed by atoms with Crippen LogP contribution in [0.25, 0.3) is 0 Å². The fourth-order valence-corrected chi connectivity index (χ4v) is 0.680. The van der Waals surface area contributed by atoms with Gasteiger partial charge in [-0.1, -0.05) is 6.58 Å². The second-order valence-corrected chi connectivity index (χ2v) is 2.00. The summed E-state index contributed by atoms with van der Waals surface area (Å²) < 4.78 is 12.3. The molecule has 1 aromatic rings. The maximum Gasteiger partial charge on any atom is 0.123 e. The summed E-state index contributed by atoms with van der Waals surface area (Å²) in [6.07, 6.45) is 1.56. The fourth-order valence-electron chi connectivity index (χ4n) is 0.680. The van der Waals surface area contributed by atoms with Gasteiger partial charge in [0.25, 0.3) is 0 Å². The maximum atomic E-state index is 12.3. The molecule has 56 valence electrons. The van der Waals surface area contributed by atoms with Gasteiger partial charge in [-0.2, -0.15) is 0 Å². The van der Waals surface area contributed by atoms with Crippen molar-refractivity contribution >= 4 is 5.69 Å².